The minimum Gasteiger partial charge on any atom is -0.315 e. The van der Waals surface area contributed by atoms with E-state index in [4.69, 9.17) is 0 Å². The summed E-state index contributed by atoms with van der Waals surface area (Å²) in [4.78, 5) is 2.43. The zero-order chi connectivity index (χ0) is 7.94. The largest absolute Gasteiger partial charge is 0.315 e. The molecule has 0 saturated heterocycles. The van der Waals surface area contributed by atoms with E-state index in [1.54, 1.807) is 0 Å². The highest BCUT2D eigenvalue weighted by molar-refractivity contribution is 4.95. The number of rotatable bonds is 5. The van der Waals surface area contributed by atoms with Gasteiger partial charge in [0.1, 0.15) is 0 Å². The summed E-state index contributed by atoms with van der Waals surface area (Å²) in [6, 6.07) is 0. The minimum absolute atomic E-state index is 1.13. The third-order valence-corrected chi connectivity index (χ3v) is 1.93. The van der Waals surface area contributed by atoms with Gasteiger partial charge in [0.25, 0.3) is 0 Å². The van der Waals surface area contributed by atoms with E-state index in [2.05, 4.69) is 29.3 Å². The number of hydrogen-bond donors (Lipinski definition) is 1. The summed E-state index contributed by atoms with van der Waals surface area (Å²) in [5, 5.41) is 3.39. The molecule has 0 radical (unpaired) electrons. The van der Waals surface area contributed by atoms with Crippen molar-refractivity contribution in [2.24, 2.45) is 0 Å². The van der Waals surface area contributed by atoms with Crippen LogP contribution in [-0.4, -0.2) is 37.6 Å². The van der Waals surface area contributed by atoms with E-state index in [0.717, 1.165) is 26.2 Å². The second-order valence-electron chi connectivity index (χ2n) is 2.98. The summed E-state index contributed by atoms with van der Waals surface area (Å²) in [6.07, 6.45) is 5.71. The quantitative estimate of drug-likeness (QED) is 0.466. The van der Waals surface area contributed by atoms with Gasteiger partial charge in [-0.2, -0.15) is 0 Å². The number of hydrogen-bond acceptors (Lipinski definition) is 2. The molecule has 0 spiro atoms. The molecule has 0 atom stereocenters. The SMILES string of the molecule is CCCNCCN1CC=CC1. The summed E-state index contributed by atoms with van der Waals surface area (Å²) in [5.41, 5.74) is 0. The highest BCUT2D eigenvalue weighted by Gasteiger charge is 2.03. The maximum atomic E-state index is 3.39. The molecule has 64 valence electrons. The fourth-order valence-corrected chi connectivity index (χ4v) is 1.24. The van der Waals surface area contributed by atoms with Crippen molar-refractivity contribution in [1.82, 2.24) is 10.2 Å². The van der Waals surface area contributed by atoms with Crippen LogP contribution in [0.2, 0.25) is 0 Å². The van der Waals surface area contributed by atoms with Gasteiger partial charge in [0.2, 0.25) is 0 Å². The third-order valence-electron chi connectivity index (χ3n) is 1.93. The lowest BCUT2D eigenvalue weighted by Crippen LogP contribution is -2.30. The summed E-state index contributed by atoms with van der Waals surface area (Å²) in [5.74, 6) is 0. The molecule has 0 aromatic carbocycles. The standard InChI is InChI=1S/C9H18N2/c1-2-5-10-6-9-11-7-3-4-8-11/h3-4,10H,2,5-9H2,1H3. The van der Waals surface area contributed by atoms with Gasteiger partial charge in [0, 0.05) is 26.2 Å². The first-order valence-corrected chi connectivity index (χ1v) is 4.51. The highest BCUT2D eigenvalue weighted by atomic mass is 15.1. The molecule has 0 unspecified atom stereocenters. The molecule has 0 amide bonds. The number of nitrogens with one attached hydrogen (secondary N) is 1. The molecule has 1 N–H and O–H groups in total. The van der Waals surface area contributed by atoms with Gasteiger partial charge in [-0.15, -0.1) is 0 Å². The van der Waals surface area contributed by atoms with Gasteiger partial charge < -0.3 is 5.32 Å². The van der Waals surface area contributed by atoms with Gasteiger partial charge in [-0.05, 0) is 13.0 Å². The van der Waals surface area contributed by atoms with E-state index in [1.807, 2.05) is 0 Å². The molecular weight excluding hydrogens is 136 g/mol. The van der Waals surface area contributed by atoms with Crippen LogP contribution in [0.1, 0.15) is 13.3 Å². The lowest BCUT2D eigenvalue weighted by molar-refractivity contribution is 0.349. The molecule has 1 rings (SSSR count). The van der Waals surface area contributed by atoms with Gasteiger partial charge in [0.05, 0.1) is 0 Å². The molecule has 0 aliphatic carbocycles. The third kappa shape index (κ3) is 3.54. The van der Waals surface area contributed by atoms with Crippen molar-refractivity contribution in [3.63, 3.8) is 0 Å². The van der Waals surface area contributed by atoms with Crippen LogP contribution >= 0.6 is 0 Å². The van der Waals surface area contributed by atoms with Gasteiger partial charge in [0.15, 0.2) is 0 Å². The summed E-state index contributed by atoms with van der Waals surface area (Å²) >= 11 is 0. The Morgan fingerprint density at radius 3 is 2.64 bits per heavy atom. The van der Waals surface area contributed by atoms with Crippen LogP contribution < -0.4 is 5.32 Å². The molecule has 1 aliphatic heterocycles. The summed E-state index contributed by atoms with van der Waals surface area (Å²) in [7, 11) is 0. The monoisotopic (exact) mass is 154 g/mol. The van der Waals surface area contributed by atoms with Gasteiger partial charge in [-0.3, -0.25) is 4.90 Å². The Hall–Kier alpha value is -0.340. The van der Waals surface area contributed by atoms with E-state index in [1.165, 1.54) is 13.0 Å². The lowest BCUT2D eigenvalue weighted by Gasteiger charge is -2.14. The Morgan fingerprint density at radius 2 is 2.00 bits per heavy atom. The van der Waals surface area contributed by atoms with Crippen LogP contribution in [0, 0.1) is 0 Å². The summed E-state index contributed by atoms with van der Waals surface area (Å²) < 4.78 is 0. The van der Waals surface area contributed by atoms with Crippen molar-refractivity contribution in [2.75, 3.05) is 32.7 Å². The Kier molecular flexibility index (Phi) is 4.24. The van der Waals surface area contributed by atoms with E-state index < -0.39 is 0 Å². The molecule has 11 heavy (non-hydrogen) atoms. The fraction of sp³-hybridized carbons (Fsp3) is 0.778. The fourth-order valence-electron chi connectivity index (χ4n) is 1.24. The van der Waals surface area contributed by atoms with Crippen molar-refractivity contribution in [2.45, 2.75) is 13.3 Å². The topological polar surface area (TPSA) is 15.3 Å². The maximum absolute atomic E-state index is 3.39. The van der Waals surface area contributed by atoms with E-state index in [0.29, 0.717) is 0 Å². The van der Waals surface area contributed by atoms with Gasteiger partial charge in [-0.25, -0.2) is 0 Å². The molecule has 1 heterocycles. The molecular formula is C9H18N2. The molecule has 1 aliphatic rings. The normalized spacial score (nSPS) is 17.9. The molecule has 2 nitrogen and oxygen atoms in total. The van der Waals surface area contributed by atoms with E-state index in [9.17, 15) is 0 Å². The molecule has 2 heteroatoms. The minimum atomic E-state index is 1.13. The predicted molar refractivity (Wildman–Crippen MR) is 48.7 cm³/mol. The van der Waals surface area contributed by atoms with Crippen LogP contribution in [0.15, 0.2) is 12.2 Å². The second kappa shape index (κ2) is 5.33. The first-order chi connectivity index (χ1) is 5.43. The Balaban J connectivity index is 1.87. The maximum Gasteiger partial charge on any atom is 0.0167 e. The van der Waals surface area contributed by atoms with Crippen molar-refractivity contribution in [1.29, 1.82) is 0 Å². The average molecular weight is 154 g/mol. The molecule has 0 aromatic rings. The average Bonchev–Trinajstić information content (AvgIpc) is 2.50. The Morgan fingerprint density at radius 1 is 1.27 bits per heavy atom. The van der Waals surface area contributed by atoms with Crippen LogP contribution in [0.3, 0.4) is 0 Å². The van der Waals surface area contributed by atoms with Crippen LogP contribution in [0.5, 0.6) is 0 Å². The second-order valence-corrected chi connectivity index (χ2v) is 2.98. The van der Waals surface area contributed by atoms with Crippen LogP contribution in [0.4, 0.5) is 0 Å². The van der Waals surface area contributed by atoms with Gasteiger partial charge in [-0.1, -0.05) is 19.1 Å². The number of nitrogens with zero attached hydrogens (tertiary/aromatic N) is 1. The first-order valence-electron chi connectivity index (χ1n) is 4.51. The lowest BCUT2D eigenvalue weighted by atomic mass is 10.4. The van der Waals surface area contributed by atoms with Crippen LogP contribution in [0.25, 0.3) is 0 Å². The Labute approximate surface area is 69.3 Å². The van der Waals surface area contributed by atoms with Gasteiger partial charge >= 0.3 is 0 Å². The van der Waals surface area contributed by atoms with Crippen molar-refractivity contribution in [3.8, 4) is 0 Å². The molecule has 0 fully saturated rings. The van der Waals surface area contributed by atoms with Crippen molar-refractivity contribution < 1.29 is 0 Å². The molecule has 0 aromatic heterocycles. The van der Waals surface area contributed by atoms with Crippen LogP contribution in [-0.2, 0) is 0 Å². The Bertz CT molecular complexity index is 113. The molecule has 0 saturated carbocycles. The van der Waals surface area contributed by atoms with Crippen molar-refractivity contribution in [3.05, 3.63) is 12.2 Å². The zero-order valence-corrected chi connectivity index (χ0v) is 7.34. The highest BCUT2D eigenvalue weighted by Crippen LogP contribution is 1.96. The predicted octanol–water partition coefficient (Wildman–Crippen LogP) is 0.858. The van der Waals surface area contributed by atoms with E-state index in [-0.39, 0.29) is 0 Å². The molecule has 0 bridgehead atoms. The van der Waals surface area contributed by atoms with E-state index >= 15 is 0 Å². The van der Waals surface area contributed by atoms with Crippen molar-refractivity contribution >= 4 is 0 Å². The smallest absolute Gasteiger partial charge is 0.0167 e. The zero-order valence-electron chi connectivity index (χ0n) is 7.34. The first kappa shape index (κ1) is 8.75. The summed E-state index contributed by atoms with van der Waals surface area (Å²) in [6.45, 7) is 7.97.